The molecule has 6 heteroatoms. The molecule has 0 aliphatic carbocycles. The van der Waals surface area contributed by atoms with Gasteiger partial charge in [-0.1, -0.05) is 50.7 Å². The van der Waals surface area contributed by atoms with Crippen LogP contribution in [0.5, 0.6) is 11.5 Å². The predicted octanol–water partition coefficient (Wildman–Crippen LogP) is 4.81. The number of amidine groups is 1. The highest BCUT2D eigenvalue weighted by Gasteiger charge is 2.28. The van der Waals surface area contributed by atoms with Crippen molar-refractivity contribution in [1.82, 2.24) is 4.90 Å². The molecule has 1 fully saturated rings. The molecule has 2 aromatic carbocycles. The molecular formula is C23H28N2O3S. The molecule has 5 nitrogen and oxygen atoms in total. The van der Waals surface area contributed by atoms with Gasteiger partial charge in [-0.3, -0.25) is 9.69 Å². The van der Waals surface area contributed by atoms with Crippen LogP contribution in [0.3, 0.4) is 0 Å². The van der Waals surface area contributed by atoms with Gasteiger partial charge in [0.1, 0.15) is 0 Å². The molecule has 0 unspecified atom stereocenters. The molecule has 0 radical (unpaired) electrons. The van der Waals surface area contributed by atoms with E-state index in [2.05, 4.69) is 32.9 Å². The van der Waals surface area contributed by atoms with E-state index in [-0.39, 0.29) is 11.3 Å². The molecule has 3 rings (SSSR count). The fraction of sp³-hybridized carbons (Fsp3) is 0.391. The van der Waals surface area contributed by atoms with Crippen molar-refractivity contribution >= 4 is 28.5 Å². The molecule has 0 atom stereocenters. The summed E-state index contributed by atoms with van der Waals surface area (Å²) < 4.78 is 10.7. The third kappa shape index (κ3) is 5.12. The Morgan fingerprint density at radius 2 is 1.72 bits per heavy atom. The van der Waals surface area contributed by atoms with Crippen LogP contribution in [0.1, 0.15) is 31.9 Å². The fourth-order valence-corrected chi connectivity index (χ4v) is 4.05. The zero-order valence-corrected chi connectivity index (χ0v) is 18.5. The van der Waals surface area contributed by atoms with E-state index in [1.165, 1.54) is 17.3 Å². The van der Waals surface area contributed by atoms with Crippen LogP contribution in [0.15, 0.2) is 47.5 Å². The van der Waals surface area contributed by atoms with E-state index >= 15 is 0 Å². The van der Waals surface area contributed by atoms with Crippen molar-refractivity contribution < 1.29 is 14.3 Å². The second-order valence-electron chi connectivity index (χ2n) is 7.96. The smallest absolute Gasteiger partial charge is 0.239 e. The molecule has 0 aromatic heterocycles. The number of carbonyl (C=O) groups excluding carboxylic acids is 1. The van der Waals surface area contributed by atoms with Crippen LogP contribution in [0.25, 0.3) is 0 Å². The normalized spacial score (nSPS) is 15.8. The minimum absolute atomic E-state index is 0.0977. The van der Waals surface area contributed by atoms with E-state index < -0.39 is 0 Å². The van der Waals surface area contributed by atoms with Crippen molar-refractivity contribution in [3.05, 3.63) is 53.6 Å². The minimum atomic E-state index is 0.0977. The zero-order chi connectivity index (χ0) is 21.0. The lowest BCUT2D eigenvalue weighted by atomic mass is 9.87. The Hall–Kier alpha value is -2.47. The number of rotatable bonds is 6. The first-order valence-corrected chi connectivity index (χ1v) is 10.6. The number of hydrogen-bond donors (Lipinski definition) is 0. The number of hydrogen-bond acceptors (Lipinski definition) is 5. The van der Waals surface area contributed by atoms with Gasteiger partial charge in [0.2, 0.25) is 5.91 Å². The largest absolute Gasteiger partial charge is 0.493 e. The van der Waals surface area contributed by atoms with E-state index in [0.717, 1.165) is 16.4 Å². The van der Waals surface area contributed by atoms with Gasteiger partial charge in [-0.25, -0.2) is 4.99 Å². The molecule has 1 aliphatic rings. The number of aliphatic imine (C=N–C) groups is 1. The summed E-state index contributed by atoms with van der Waals surface area (Å²) >= 11 is 1.49. The summed E-state index contributed by atoms with van der Waals surface area (Å²) in [5, 5.41) is 0.763. The third-order valence-electron chi connectivity index (χ3n) is 4.89. The van der Waals surface area contributed by atoms with E-state index in [4.69, 9.17) is 14.5 Å². The Morgan fingerprint density at radius 3 is 2.34 bits per heavy atom. The van der Waals surface area contributed by atoms with Gasteiger partial charge in [-0.05, 0) is 47.2 Å². The molecule has 29 heavy (non-hydrogen) atoms. The van der Waals surface area contributed by atoms with E-state index in [1.807, 2.05) is 30.3 Å². The summed E-state index contributed by atoms with van der Waals surface area (Å²) in [7, 11) is 3.24. The molecular weight excluding hydrogens is 384 g/mol. The summed E-state index contributed by atoms with van der Waals surface area (Å²) in [6, 6.07) is 14.1. The summed E-state index contributed by atoms with van der Waals surface area (Å²) in [4.78, 5) is 18.9. The SMILES string of the molecule is COc1ccc(CCN2C(=O)CS/C2=N/c2ccc(C(C)(C)C)cc2)cc1OC. The second kappa shape index (κ2) is 8.91. The van der Waals surface area contributed by atoms with Crippen LogP contribution in [-0.2, 0) is 16.6 Å². The summed E-state index contributed by atoms with van der Waals surface area (Å²) in [5.41, 5.74) is 3.32. The first-order chi connectivity index (χ1) is 13.8. The molecule has 0 saturated carbocycles. The topological polar surface area (TPSA) is 51.1 Å². The number of benzene rings is 2. The Kier molecular flexibility index (Phi) is 6.52. The molecule has 0 N–H and O–H groups in total. The van der Waals surface area contributed by atoms with Gasteiger partial charge in [0.25, 0.3) is 0 Å². The zero-order valence-electron chi connectivity index (χ0n) is 17.7. The summed E-state index contributed by atoms with van der Waals surface area (Å²) in [6.45, 7) is 7.15. The van der Waals surface area contributed by atoms with Crippen LogP contribution in [-0.4, -0.2) is 42.5 Å². The maximum absolute atomic E-state index is 12.4. The highest BCUT2D eigenvalue weighted by molar-refractivity contribution is 8.15. The average Bonchev–Trinajstić information content (AvgIpc) is 3.05. The maximum Gasteiger partial charge on any atom is 0.239 e. The maximum atomic E-state index is 12.4. The van der Waals surface area contributed by atoms with E-state index in [0.29, 0.717) is 30.2 Å². The van der Waals surface area contributed by atoms with Gasteiger partial charge >= 0.3 is 0 Å². The first-order valence-electron chi connectivity index (χ1n) is 9.65. The molecule has 1 heterocycles. The average molecular weight is 413 g/mol. The van der Waals surface area contributed by atoms with Crippen molar-refractivity contribution in [2.75, 3.05) is 26.5 Å². The van der Waals surface area contributed by atoms with Gasteiger partial charge in [-0.15, -0.1) is 0 Å². The van der Waals surface area contributed by atoms with Crippen molar-refractivity contribution in [2.24, 2.45) is 4.99 Å². The molecule has 0 bridgehead atoms. The summed E-state index contributed by atoms with van der Waals surface area (Å²) in [6.07, 6.45) is 0.717. The number of thioether (sulfide) groups is 1. The molecule has 1 aliphatic heterocycles. The van der Waals surface area contributed by atoms with E-state index in [1.54, 1.807) is 19.1 Å². The first kappa shape index (κ1) is 21.2. The van der Waals surface area contributed by atoms with Crippen molar-refractivity contribution in [2.45, 2.75) is 32.6 Å². The molecule has 1 amide bonds. The lowest BCUT2D eigenvalue weighted by molar-refractivity contribution is -0.124. The number of ether oxygens (including phenoxy) is 2. The summed E-state index contributed by atoms with van der Waals surface area (Å²) in [5.74, 6) is 1.93. The standard InChI is InChI=1S/C23H28N2O3S/c1-23(2,3)17-7-9-18(10-8-17)24-22-25(21(26)15-29-22)13-12-16-6-11-19(27-4)20(14-16)28-5/h6-11,14H,12-13,15H2,1-5H3/b24-22+. The highest BCUT2D eigenvalue weighted by Crippen LogP contribution is 2.29. The van der Waals surface area contributed by atoms with Crippen LogP contribution >= 0.6 is 11.8 Å². The Labute approximate surface area is 177 Å². The van der Waals surface area contributed by atoms with Crippen molar-refractivity contribution in [3.8, 4) is 11.5 Å². The van der Waals surface area contributed by atoms with Crippen LogP contribution < -0.4 is 9.47 Å². The second-order valence-corrected chi connectivity index (χ2v) is 8.91. The molecule has 2 aromatic rings. The Morgan fingerprint density at radius 1 is 1.03 bits per heavy atom. The highest BCUT2D eigenvalue weighted by atomic mass is 32.2. The minimum Gasteiger partial charge on any atom is -0.493 e. The Bertz CT molecular complexity index is 901. The van der Waals surface area contributed by atoms with Gasteiger partial charge in [0.15, 0.2) is 16.7 Å². The number of carbonyl (C=O) groups is 1. The van der Waals surface area contributed by atoms with Gasteiger partial charge < -0.3 is 9.47 Å². The van der Waals surface area contributed by atoms with Gasteiger partial charge in [0.05, 0.1) is 25.7 Å². The molecule has 0 spiro atoms. The number of amides is 1. The third-order valence-corrected chi connectivity index (χ3v) is 5.85. The monoisotopic (exact) mass is 412 g/mol. The number of methoxy groups -OCH3 is 2. The lowest BCUT2D eigenvalue weighted by Gasteiger charge is -2.19. The van der Waals surface area contributed by atoms with E-state index in [9.17, 15) is 4.79 Å². The predicted molar refractivity (Wildman–Crippen MR) is 120 cm³/mol. The molecule has 154 valence electrons. The van der Waals surface area contributed by atoms with Crippen LogP contribution in [0.2, 0.25) is 0 Å². The van der Waals surface area contributed by atoms with Crippen LogP contribution in [0.4, 0.5) is 5.69 Å². The van der Waals surface area contributed by atoms with Crippen LogP contribution in [0, 0.1) is 0 Å². The lowest BCUT2D eigenvalue weighted by Crippen LogP contribution is -2.31. The van der Waals surface area contributed by atoms with Crippen molar-refractivity contribution in [1.29, 1.82) is 0 Å². The quantitative estimate of drug-likeness (QED) is 0.683. The van der Waals surface area contributed by atoms with Crippen molar-refractivity contribution in [3.63, 3.8) is 0 Å². The van der Waals surface area contributed by atoms with Gasteiger partial charge in [0, 0.05) is 6.54 Å². The molecule has 1 saturated heterocycles. The fourth-order valence-electron chi connectivity index (χ4n) is 3.13. The Balaban J connectivity index is 1.73. The number of nitrogens with zero attached hydrogens (tertiary/aromatic N) is 2. The van der Waals surface area contributed by atoms with Gasteiger partial charge in [-0.2, -0.15) is 0 Å².